The van der Waals surface area contributed by atoms with Crippen molar-refractivity contribution in [1.82, 2.24) is 0 Å². The van der Waals surface area contributed by atoms with Crippen molar-refractivity contribution < 1.29 is 0 Å². The average molecular weight is 345 g/mol. The Balaban J connectivity index is 1.56. The van der Waals surface area contributed by atoms with Gasteiger partial charge in [0.2, 0.25) is 0 Å². The van der Waals surface area contributed by atoms with Gasteiger partial charge in [-0.2, -0.15) is 5.10 Å². The van der Waals surface area contributed by atoms with Gasteiger partial charge in [-0.1, -0.05) is 96.7 Å². The highest BCUT2D eigenvalue weighted by atomic mass is 32.2. The number of nitrogens with two attached hydrogens (primary N) is 1. The number of thioether (sulfide) groups is 1. The van der Waals surface area contributed by atoms with E-state index in [1.165, 1.54) is 28.5 Å². The molecule has 0 saturated carbocycles. The molecule has 4 heteroatoms. The highest BCUT2D eigenvalue weighted by molar-refractivity contribution is 8.13. The van der Waals surface area contributed by atoms with E-state index in [1.54, 1.807) is 6.21 Å². The zero-order valence-electron chi connectivity index (χ0n) is 13.7. The van der Waals surface area contributed by atoms with Gasteiger partial charge in [0.25, 0.3) is 0 Å². The zero-order valence-corrected chi connectivity index (χ0v) is 14.6. The summed E-state index contributed by atoms with van der Waals surface area (Å²) in [5.74, 6) is 0.789. The van der Waals surface area contributed by atoms with E-state index < -0.39 is 0 Å². The first-order chi connectivity index (χ1) is 12.3. The van der Waals surface area contributed by atoms with E-state index in [1.807, 2.05) is 48.5 Å². The molecule has 25 heavy (non-hydrogen) atoms. The molecule has 3 aromatic carbocycles. The van der Waals surface area contributed by atoms with Crippen LogP contribution in [0, 0.1) is 0 Å². The van der Waals surface area contributed by atoms with Crippen LogP contribution in [0.25, 0.3) is 11.1 Å². The SMILES string of the molecule is NC(=NN=Cc1ccc(-c2ccccc2)cc1)SCc1ccccc1. The summed E-state index contributed by atoms with van der Waals surface area (Å²) < 4.78 is 0. The molecule has 0 radical (unpaired) electrons. The third-order valence-corrected chi connectivity index (χ3v) is 4.47. The van der Waals surface area contributed by atoms with Crippen LogP contribution in [0.5, 0.6) is 0 Å². The van der Waals surface area contributed by atoms with Crippen LogP contribution in [-0.4, -0.2) is 11.4 Å². The van der Waals surface area contributed by atoms with Gasteiger partial charge in [0, 0.05) is 5.75 Å². The van der Waals surface area contributed by atoms with Crippen LogP contribution in [0.2, 0.25) is 0 Å². The predicted molar refractivity (Wildman–Crippen MR) is 109 cm³/mol. The van der Waals surface area contributed by atoms with E-state index in [0.29, 0.717) is 5.17 Å². The number of rotatable bonds is 5. The van der Waals surface area contributed by atoms with Crippen molar-refractivity contribution in [3.8, 4) is 11.1 Å². The molecule has 124 valence electrons. The molecule has 3 rings (SSSR count). The van der Waals surface area contributed by atoms with E-state index in [4.69, 9.17) is 5.73 Å². The van der Waals surface area contributed by atoms with Gasteiger partial charge >= 0.3 is 0 Å². The Labute approximate surface area is 152 Å². The summed E-state index contributed by atoms with van der Waals surface area (Å²) in [4.78, 5) is 0. The van der Waals surface area contributed by atoms with Crippen LogP contribution in [0.4, 0.5) is 0 Å². The number of nitrogens with zero attached hydrogens (tertiary/aromatic N) is 2. The lowest BCUT2D eigenvalue weighted by molar-refractivity contribution is 1.25. The number of hydrogen-bond acceptors (Lipinski definition) is 3. The van der Waals surface area contributed by atoms with E-state index in [-0.39, 0.29) is 0 Å². The quantitative estimate of drug-likeness (QED) is 0.405. The smallest absolute Gasteiger partial charge is 0.180 e. The van der Waals surface area contributed by atoms with Crippen LogP contribution in [0.15, 0.2) is 95.1 Å². The van der Waals surface area contributed by atoms with Crippen LogP contribution in [-0.2, 0) is 5.75 Å². The summed E-state index contributed by atoms with van der Waals surface area (Å²) in [5.41, 5.74) is 10.5. The van der Waals surface area contributed by atoms with Crippen molar-refractivity contribution in [3.05, 3.63) is 96.1 Å². The highest BCUT2D eigenvalue weighted by Crippen LogP contribution is 2.18. The summed E-state index contributed by atoms with van der Waals surface area (Å²) >= 11 is 1.48. The van der Waals surface area contributed by atoms with Gasteiger partial charge in [-0.3, -0.25) is 0 Å². The molecule has 0 aliphatic carbocycles. The van der Waals surface area contributed by atoms with Gasteiger partial charge in [0.05, 0.1) is 6.21 Å². The molecular weight excluding hydrogens is 326 g/mol. The molecule has 0 aromatic heterocycles. The first-order valence-electron chi connectivity index (χ1n) is 8.00. The summed E-state index contributed by atoms with van der Waals surface area (Å²) in [7, 11) is 0. The summed E-state index contributed by atoms with van der Waals surface area (Å²) in [6, 6.07) is 28.6. The van der Waals surface area contributed by atoms with E-state index >= 15 is 0 Å². The molecule has 0 spiro atoms. The first kappa shape index (κ1) is 17.0. The summed E-state index contributed by atoms with van der Waals surface area (Å²) in [6.45, 7) is 0. The average Bonchev–Trinajstić information content (AvgIpc) is 2.68. The minimum absolute atomic E-state index is 0.459. The molecule has 0 aliphatic heterocycles. The molecule has 0 fully saturated rings. The highest BCUT2D eigenvalue weighted by Gasteiger charge is 1.97. The molecule has 0 saturated heterocycles. The Morgan fingerprint density at radius 3 is 2.08 bits per heavy atom. The molecule has 0 aliphatic rings. The Hall–Kier alpha value is -2.85. The molecule has 0 bridgehead atoms. The van der Waals surface area contributed by atoms with Crippen LogP contribution < -0.4 is 5.73 Å². The lowest BCUT2D eigenvalue weighted by atomic mass is 10.0. The van der Waals surface area contributed by atoms with E-state index in [2.05, 4.69) is 46.6 Å². The third-order valence-electron chi connectivity index (χ3n) is 3.61. The molecule has 0 heterocycles. The Bertz CT molecular complexity index is 841. The van der Waals surface area contributed by atoms with Crippen molar-refractivity contribution in [1.29, 1.82) is 0 Å². The van der Waals surface area contributed by atoms with Crippen LogP contribution in [0.3, 0.4) is 0 Å². The van der Waals surface area contributed by atoms with Gasteiger partial charge in [0.1, 0.15) is 0 Å². The molecule has 2 N–H and O–H groups in total. The predicted octanol–water partition coefficient (Wildman–Crippen LogP) is 4.94. The fraction of sp³-hybridized carbons (Fsp3) is 0.0476. The molecule has 3 aromatic rings. The molecular formula is C21H19N3S. The largest absolute Gasteiger partial charge is 0.377 e. The van der Waals surface area contributed by atoms with Crippen molar-refractivity contribution in [2.24, 2.45) is 15.9 Å². The van der Waals surface area contributed by atoms with Crippen LogP contribution in [0.1, 0.15) is 11.1 Å². The maximum Gasteiger partial charge on any atom is 0.180 e. The lowest BCUT2D eigenvalue weighted by Gasteiger charge is -2.01. The Morgan fingerprint density at radius 1 is 0.800 bits per heavy atom. The minimum atomic E-state index is 0.459. The number of amidine groups is 1. The topological polar surface area (TPSA) is 50.7 Å². The van der Waals surface area contributed by atoms with Crippen LogP contribution >= 0.6 is 11.8 Å². The van der Waals surface area contributed by atoms with Crippen molar-refractivity contribution in [2.75, 3.05) is 0 Å². The second-order valence-corrected chi connectivity index (χ2v) is 6.44. The fourth-order valence-corrected chi connectivity index (χ4v) is 2.92. The number of hydrogen-bond donors (Lipinski definition) is 1. The van der Waals surface area contributed by atoms with Gasteiger partial charge in [-0.25, -0.2) is 0 Å². The van der Waals surface area contributed by atoms with Crippen molar-refractivity contribution in [2.45, 2.75) is 5.75 Å². The zero-order chi connectivity index (χ0) is 17.3. The first-order valence-corrected chi connectivity index (χ1v) is 8.98. The van der Waals surface area contributed by atoms with Gasteiger partial charge in [-0.15, -0.1) is 5.10 Å². The second kappa shape index (κ2) is 8.85. The molecule has 0 unspecified atom stereocenters. The summed E-state index contributed by atoms with van der Waals surface area (Å²) in [6.07, 6.45) is 1.71. The van der Waals surface area contributed by atoms with Gasteiger partial charge < -0.3 is 5.73 Å². The van der Waals surface area contributed by atoms with Gasteiger partial charge in [0.15, 0.2) is 5.17 Å². The second-order valence-electron chi connectivity index (χ2n) is 5.45. The normalized spacial score (nSPS) is 11.8. The Kier molecular flexibility index (Phi) is 6.01. The standard InChI is InChI=1S/C21H19N3S/c22-21(25-16-18-7-3-1-4-8-18)24-23-15-17-11-13-20(14-12-17)19-9-5-2-6-10-19/h1-15H,16H2,(H2,22,24). The molecule has 0 amide bonds. The van der Waals surface area contributed by atoms with Crippen molar-refractivity contribution >= 4 is 23.1 Å². The van der Waals surface area contributed by atoms with E-state index in [0.717, 1.165) is 11.3 Å². The fourth-order valence-electron chi connectivity index (χ4n) is 2.31. The maximum absolute atomic E-state index is 5.89. The lowest BCUT2D eigenvalue weighted by Crippen LogP contribution is -2.05. The molecule has 3 nitrogen and oxygen atoms in total. The molecule has 0 atom stereocenters. The number of benzene rings is 3. The van der Waals surface area contributed by atoms with Crippen molar-refractivity contribution in [3.63, 3.8) is 0 Å². The maximum atomic E-state index is 5.89. The third kappa shape index (κ3) is 5.33. The monoisotopic (exact) mass is 345 g/mol. The van der Waals surface area contributed by atoms with E-state index in [9.17, 15) is 0 Å². The van der Waals surface area contributed by atoms with Gasteiger partial charge in [-0.05, 0) is 22.3 Å². The summed E-state index contributed by atoms with van der Waals surface area (Å²) in [5, 5.41) is 8.57. The minimum Gasteiger partial charge on any atom is -0.377 e. The Morgan fingerprint density at radius 2 is 1.40 bits per heavy atom.